The molecule has 1 amide bonds. The van der Waals surface area contributed by atoms with Gasteiger partial charge in [0.25, 0.3) is 0 Å². The predicted octanol–water partition coefficient (Wildman–Crippen LogP) is 3.95. The van der Waals surface area contributed by atoms with Crippen molar-refractivity contribution in [2.75, 3.05) is 6.54 Å². The Labute approximate surface area is 131 Å². The Hall–Kier alpha value is -0.770. The van der Waals surface area contributed by atoms with Gasteiger partial charge in [-0.05, 0) is 46.0 Å². The summed E-state index contributed by atoms with van der Waals surface area (Å²) < 4.78 is 5.29. The first kappa shape index (κ1) is 20.2. The van der Waals surface area contributed by atoms with E-state index in [1.54, 1.807) is 0 Å². The van der Waals surface area contributed by atoms with Crippen LogP contribution in [-0.2, 0) is 4.74 Å². The van der Waals surface area contributed by atoms with Crippen LogP contribution in [0, 0.1) is 11.8 Å². The Morgan fingerprint density at radius 1 is 1.14 bits per heavy atom. The standard InChI is InChI=1S/C17H36N2O2/c1-9-13(4)14(5)19-15(10-12(2)3)11-18-16(20)21-17(6,7)8/h12-15,19H,9-11H2,1-8H3,(H,18,20). The number of amides is 1. The summed E-state index contributed by atoms with van der Waals surface area (Å²) in [5.74, 6) is 1.22. The summed E-state index contributed by atoms with van der Waals surface area (Å²) in [7, 11) is 0. The van der Waals surface area contributed by atoms with Crippen molar-refractivity contribution in [1.29, 1.82) is 0 Å². The first-order chi connectivity index (χ1) is 9.55. The molecule has 0 bridgehead atoms. The van der Waals surface area contributed by atoms with Crippen molar-refractivity contribution < 1.29 is 9.53 Å². The number of carbonyl (C=O) groups excluding carboxylic acids is 1. The van der Waals surface area contributed by atoms with Crippen molar-refractivity contribution >= 4 is 6.09 Å². The van der Waals surface area contributed by atoms with E-state index in [-0.39, 0.29) is 12.1 Å². The van der Waals surface area contributed by atoms with Gasteiger partial charge in [0, 0.05) is 18.6 Å². The van der Waals surface area contributed by atoms with Crippen molar-refractivity contribution in [3.05, 3.63) is 0 Å². The molecular formula is C17H36N2O2. The Kier molecular flexibility index (Phi) is 8.95. The number of rotatable bonds is 8. The van der Waals surface area contributed by atoms with E-state index in [1.807, 2.05) is 20.8 Å². The highest BCUT2D eigenvalue weighted by Crippen LogP contribution is 2.11. The highest BCUT2D eigenvalue weighted by atomic mass is 16.6. The lowest BCUT2D eigenvalue weighted by molar-refractivity contribution is 0.0519. The van der Waals surface area contributed by atoms with Crippen LogP contribution in [0.3, 0.4) is 0 Å². The van der Waals surface area contributed by atoms with Gasteiger partial charge in [-0.3, -0.25) is 0 Å². The summed E-state index contributed by atoms with van der Waals surface area (Å²) in [6, 6.07) is 0.723. The molecular weight excluding hydrogens is 264 g/mol. The van der Waals surface area contributed by atoms with Gasteiger partial charge in [-0.1, -0.05) is 34.1 Å². The Morgan fingerprint density at radius 2 is 1.71 bits per heavy atom. The molecule has 0 aliphatic carbocycles. The maximum absolute atomic E-state index is 11.8. The molecule has 3 unspecified atom stereocenters. The van der Waals surface area contributed by atoms with Gasteiger partial charge >= 0.3 is 6.09 Å². The lowest BCUT2D eigenvalue weighted by Gasteiger charge is -2.28. The van der Waals surface area contributed by atoms with Gasteiger partial charge in [0.05, 0.1) is 0 Å². The zero-order valence-corrected chi connectivity index (χ0v) is 15.2. The van der Waals surface area contributed by atoms with Crippen molar-refractivity contribution in [2.24, 2.45) is 11.8 Å². The molecule has 0 fully saturated rings. The normalized spacial score (nSPS) is 16.4. The van der Waals surface area contributed by atoms with E-state index >= 15 is 0 Å². The molecule has 0 aromatic rings. The summed E-state index contributed by atoms with van der Waals surface area (Å²) in [5.41, 5.74) is -0.449. The zero-order valence-electron chi connectivity index (χ0n) is 15.2. The van der Waals surface area contributed by atoms with E-state index in [1.165, 1.54) is 0 Å². The average molecular weight is 300 g/mol. The molecule has 0 radical (unpaired) electrons. The third kappa shape index (κ3) is 10.6. The average Bonchev–Trinajstić information content (AvgIpc) is 2.32. The topological polar surface area (TPSA) is 50.4 Å². The minimum absolute atomic E-state index is 0.279. The van der Waals surface area contributed by atoms with E-state index in [2.05, 4.69) is 45.3 Å². The third-order valence-electron chi connectivity index (χ3n) is 3.64. The first-order valence-electron chi connectivity index (χ1n) is 8.28. The molecule has 0 saturated heterocycles. The highest BCUT2D eigenvalue weighted by molar-refractivity contribution is 5.67. The Morgan fingerprint density at radius 3 is 2.14 bits per heavy atom. The number of ether oxygens (including phenoxy) is 1. The Balaban J connectivity index is 4.39. The minimum Gasteiger partial charge on any atom is -0.444 e. The number of alkyl carbamates (subject to hydrolysis) is 1. The summed E-state index contributed by atoms with van der Waals surface area (Å²) in [5, 5.41) is 6.53. The molecule has 0 aromatic carbocycles. The number of hydrogen-bond donors (Lipinski definition) is 2. The molecule has 0 aliphatic heterocycles. The monoisotopic (exact) mass is 300 g/mol. The maximum Gasteiger partial charge on any atom is 0.407 e. The van der Waals surface area contributed by atoms with Gasteiger partial charge in [0.1, 0.15) is 5.60 Å². The lowest BCUT2D eigenvalue weighted by Crippen LogP contribution is -2.47. The van der Waals surface area contributed by atoms with Gasteiger partial charge in [-0.25, -0.2) is 4.79 Å². The summed E-state index contributed by atoms with van der Waals surface area (Å²) in [4.78, 5) is 11.8. The van der Waals surface area contributed by atoms with Crippen LogP contribution in [0.1, 0.15) is 68.2 Å². The van der Waals surface area contributed by atoms with Crippen LogP contribution < -0.4 is 10.6 Å². The number of carbonyl (C=O) groups is 1. The molecule has 4 heteroatoms. The van der Waals surface area contributed by atoms with Crippen LogP contribution in [-0.4, -0.2) is 30.3 Å². The van der Waals surface area contributed by atoms with E-state index in [0.717, 1.165) is 12.8 Å². The molecule has 4 nitrogen and oxygen atoms in total. The fraction of sp³-hybridized carbons (Fsp3) is 0.941. The second-order valence-corrected chi connectivity index (χ2v) is 7.55. The summed E-state index contributed by atoms with van der Waals surface area (Å²) >= 11 is 0. The van der Waals surface area contributed by atoms with Gasteiger partial charge in [0.15, 0.2) is 0 Å². The highest BCUT2D eigenvalue weighted by Gasteiger charge is 2.20. The zero-order chi connectivity index (χ0) is 16.6. The number of nitrogens with one attached hydrogen (secondary N) is 2. The lowest BCUT2D eigenvalue weighted by atomic mass is 9.97. The summed E-state index contributed by atoms with van der Waals surface area (Å²) in [6.45, 7) is 17.3. The molecule has 0 heterocycles. The molecule has 0 aliphatic rings. The molecule has 21 heavy (non-hydrogen) atoms. The fourth-order valence-corrected chi connectivity index (χ4v) is 2.19. The van der Waals surface area contributed by atoms with Gasteiger partial charge in [-0.15, -0.1) is 0 Å². The van der Waals surface area contributed by atoms with Crippen molar-refractivity contribution in [3.8, 4) is 0 Å². The maximum atomic E-state index is 11.8. The number of hydrogen-bond acceptors (Lipinski definition) is 3. The van der Waals surface area contributed by atoms with Crippen LogP contribution in [0.25, 0.3) is 0 Å². The fourth-order valence-electron chi connectivity index (χ4n) is 2.19. The molecule has 0 rings (SSSR count). The van der Waals surface area contributed by atoms with E-state index < -0.39 is 5.60 Å². The van der Waals surface area contributed by atoms with E-state index in [4.69, 9.17) is 4.74 Å². The Bertz CT molecular complexity index is 298. The third-order valence-corrected chi connectivity index (χ3v) is 3.64. The molecule has 0 saturated carbocycles. The largest absolute Gasteiger partial charge is 0.444 e. The van der Waals surface area contributed by atoms with Crippen LogP contribution in [0.5, 0.6) is 0 Å². The smallest absolute Gasteiger partial charge is 0.407 e. The second-order valence-electron chi connectivity index (χ2n) is 7.55. The van der Waals surface area contributed by atoms with Crippen molar-refractivity contribution in [3.63, 3.8) is 0 Å². The van der Waals surface area contributed by atoms with Gasteiger partial charge < -0.3 is 15.4 Å². The van der Waals surface area contributed by atoms with Crippen LogP contribution in [0.4, 0.5) is 4.79 Å². The van der Waals surface area contributed by atoms with Crippen LogP contribution >= 0.6 is 0 Å². The van der Waals surface area contributed by atoms with E-state index in [0.29, 0.717) is 24.4 Å². The minimum atomic E-state index is -0.449. The summed E-state index contributed by atoms with van der Waals surface area (Å²) in [6.07, 6.45) is 1.85. The molecule has 3 atom stereocenters. The van der Waals surface area contributed by atoms with Gasteiger partial charge in [-0.2, -0.15) is 0 Å². The first-order valence-corrected chi connectivity index (χ1v) is 8.28. The molecule has 0 spiro atoms. The van der Waals surface area contributed by atoms with E-state index in [9.17, 15) is 4.79 Å². The molecule has 126 valence electrons. The second kappa shape index (κ2) is 9.29. The molecule has 2 N–H and O–H groups in total. The quantitative estimate of drug-likeness (QED) is 0.713. The predicted molar refractivity (Wildman–Crippen MR) is 89.5 cm³/mol. The van der Waals surface area contributed by atoms with Crippen molar-refractivity contribution in [2.45, 2.75) is 85.9 Å². The van der Waals surface area contributed by atoms with Crippen molar-refractivity contribution in [1.82, 2.24) is 10.6 Å². The SMILES string of the molecule is CCC(C)C(C)NC(CNC(=O)OC(C)(C)C)CC(C)C. The molecule has 0 aromatic heterocycles. The van der Waals surface area contributed by atoms with Crippen LogP contribution in [0.2, 0.25) is 0 Å². The van der Waals surface area contributed by atoms with Gasteiger partial charge in [0.2, 0.25) is 0 Å². The van der Waals surface area contributed by atoms with Crippen LogP contribution in [0.15, 0.2) is 0 Å².